The molecule has 2 heterocycles. The van der Waals surface area contributed by atoms with Crippen LogP contribution >= 0.6 is 22.9 Å². The Morgan fingerprint density at radius 3 is 2.81 bits per heavy atom. The molecule has 21 heavy (non-hydrogen) atoms. The molecule has 0 fully saturated rings. The summed E-state index contributed by atoms with van der Waals surface area (Å²) < 4.78 is 31.0. The van der Waals surface area contributed by atoms with Gasteiger partial charge in [-0.05, 0) is 35.2 Å². The molecule has 3 rings (SSSR count). The van der Waals surface area contributed by atoms with Crippen molar-refractivity contribution in [3.8, 4) is 10.7 Å². The molecule has 0 aliphatic carbocycles. The van der Waals surface area contributed by atoms with E-state index in [1.807, 2.05) is 17.5 Å². The summed E-state index contributed by atoms with van der Waals surface area (Å²) in [6.45, 7) is 0. The van der Waals surface area contributed by atoms with Gasteiger partial charge >= 0.3 is 0 Å². The Hall–Kier alpha value is -2.05. The summed E-state index contributed by atoms with van der Waals surface area (Å²) in [4.78, 5) is 5.00. The van der Waals surface area contributed by atoms with Gasteiger partial charge in [-0.15, -0.1) is 11.3 Å². The van der Waals surface area contributed by atoms with Crippen LogP contribution < -0.4 is 0 Å². The second-order valence-corrected chi connectivity index (χ2v) is 5.42. The quantitative estimate of drug-likeness (QED) is 0.693. The van der Waals surface area contributed by atoms with E-state index in [0.717, 1.165) is 17.0 Å². The van der Waals surface area contributed by atoms with E-state index >= 15 is 0 Å². The number of aromatic nitrogens is 2. The first-order valence-electron chi connectivity index (χ1n) is 5.84. The summed E-state index contributed by atoms with van der Waals surface area (Å²) in [7, 11) is 0. The molecule has 0 bridgehead atoms. The maximum atomic E-state index is 13.1. The van der Waals surface area contributed by atoms with Crippen molar-refractivity contribution < 1.29 is 13.3 Å². The van der Waals surface area contributed by atoms with Crippen LogP contribution in [0.3, 0.4) is 0 Å². The van der Waals surface area contributed by atoms with Crippen molar-refractivity contribution in [2.24, 2.45) is 0 Å². The van der Waals surface area contributed by atoms with Crippen molar-refractivity contribution in [2.45, 2.75) is 0 Å². The molecule has 106 valence electrons. The number of nitrogens with zero attached hydrogens (tertiary/aromatic N) is 2. The third kappa shape index (κ3) is 3.01. The summed E-state index contributed by atoms with van der Waals surface area (Å²) in [5.41, 5.74) is 0.398. The molecule has 3 aromatic rings. The Labute approximate surface area is 127 Å². The molecule has 0 spiro atoms. The largest absolute Gasteiger partial charge is 0.333 e. The first-order chi connectivity index (χ1) is 10.1. The summed E-state index contributed by atoms with van der Waals surface area (Å²) in [5.74, 6) is -1.32. The minimum atomic E-state index is -0.946. The van der Waals surface area contributed by atoms with Crippen molar-refractivity contribution in [2.75, 3.05) is 0 Å². The van der Waals surface area contributed by atoms with Crippen LogP contribution in [0, 0.1) is 11.6 Å². The minimum absolute atomic E-state index is 0.116. The molecule has 0 saturated carbocycles. The highest BCUT2D eigenvalue weighted by molar-refractivity contribution is 7.13. The van der Waals surface area contributed by atoms with E-state index in [1.165, 1.54) is 23.5 Å². The SMILES string of the molecule is Fc1ccc(/C=C(\Cl)c2nc(-c3cccs3)no2)cc1F. The highest BCUT2D eigenvalue weighted by Gasteiger charge is 2.12. The fraction of sp³-hybridized carbons (Fsp3) is 0. The molecule has 0 atom stereocenters. The van der Waals surface area contributed by atoms with Crippen LogP contribution in [0.4, 0.5) is 8.78 Å². The van der Waals surface area contributed by atoms with Crippen LogP contribution in [0.1, 0.15) is 11.5 Å². The van der Waals surface area contributed by atoms with Gasteiger partial charge < -0.3 is 4.52 Å². The third-order valence-electron chi connectivity index (χ3n) is 2.61. The molecule has 7 heteroatoms. The van der Waals surface area contributed by atoms with Gasteiger partial charge in [-0.2, -0.15) is 4.98 Å². The smallest absolute Gasteiger partial charge is 0.269 e. The maximum Gasteiger partial charge on any atom is 0.269 e. The maximum absolute atomic E-state index is 13.1. The van der Waals surface area contributed by atoms with Crippen LogP contribution in [0.25, 0.3) is 21.8 Å². The van der Waals surface area contributed by atoms with E-state index in [4.69, 9.17) is 16.1 Å². The number of halogens is 3. The van der Waals surface area contributed by atoms with Gasteiger partial charge in [0.2, 0.25) is 5.82 Å². The summed E-state index contributed by atoms with van der Waals surface area (Å²) in [6, 6.07) is 7.18. The number of hydrogen-bond donors (Lipinski definition) is 0. The fourth-order valence-corrected chi connectivity index (χ4v) is 2.49. The summed E-state index contributed by atoms with van der Waals surface area (Å²) in [5, 5.41) is 5.86. The highest BCUT2D eigenvalue weighted by atomic mass is 35.5. The summed E-state index contributed by atoms with van der Waals surface area (Å²) >= 11 is 7.53. The third-order valence-corrected chi connectivity index (χ3v) is 3.75. The van der Waals surface area contributed by atoms with Gasteiger partial charge in [0.05, 0.1) is 4.88 Å². The Morgan fingerprint density at radius 1 is 1.24 bits per heavy atom. The van der Waals surface area contributed by atoms with Crippen LogP contribution in [0.5, 0.6) is 0 Å². The van der Waals surface area contributed by atoms with Crippen molar-refractivity contribution in [1.29, 1.82) is 0 Å². The van der Waals surface area contributed by atoms with Crippen molar-refractivity contribution >= 4 is 34.0 Å². The average molecular weight is 325 g/mol. The Morgan fingerprint density at radius 2 is 2.10 bits per heavy atom. The van der Waals surface area contributed by atoms with Crippen molar-refractivity contribution in [3.63, 3.8) is 0 Å². The molecule has 2 aromatic heterocycles. The van der Waals surface area contributed by atoms with E-state index < -0.39 is 11.6 Å². The summed E-state index contributed by atoms with van der Waals surface area (Å²) in [6.07, 6.45) is 1.43. The molecule has 0 unspecified atom stereocenters. The molecule has 1 aromatic carbocycles. The minimum Gasteiger partial charge on any atom is -0.333 e. The molecule has 0 saturated heterocycles. The Bertz CT molecular complexity index is 799. The van der Waals surface area contributed by atoms with Gasteiger partial charge in [0.1, 0.15) is 5.03 Å². The van der Waals surface area contributed by atoms with Crippen molar-refractivity contribution in [1.82, 2.24) is 10.1 Å². The predicted octanol–water partition coefficient (Wildman–Crippen LogP) is 4.81. The molecule has 0 radical (unpaired) electrons. The monoisotopic (exact) mass is 324 g/mol. The van der Waals surface area contributed by atoms with Gasteiger partial charge in [0, 0.05) is 0 Å². The molecule has 0 amide bonds. The predicted molar refractivity (Wildman–Crippen MR) is 77.7 cm³/mol. The van der Waals surface area contributed by atoms with E-state index in [9.17, 15) is 8.78 Å². The van der Waals surface area contributed by atoms with E-state index in [2.05, 4.69) is 10.1 Å². The normalized spacial score (nSPS) is 11.9. The lowest BCUT2D eigenvalue weighted by Gasteiger charge is -1.96. The molecule has 3 nitrogen and oxygen atoms in total. The second-order valence-electron chi connectivity index (χ2n) is 4.07. The lowest BCUT2D eigenvalue weighted by Crippen LogP contribution is -1.85. The Kier molecular flexibility index (Phi) is 3.81. The standard InChI is InChI=1S/C14H7ClF2N2OS/c15-9(6-8-3-4-10(16)11(17)7-8)14-18-13(19-20-14)12-2-1-5-21-12/h1-7H/b9-6-. The van der Waals surface area contributed by atoms with Crippen LogP contribution in [-0.4, -0.2) is 10.1 Å². The zero-order valence-corrected chi connectivity index (χ0v) is 12.0. The fourth-order valence-electron chi connectivity index (χ4n) is 1.64. The van der Waals surface area contributed by atoms with Crippen LogP contribution in [0.15, 0.2) is 40.2 Å². The molecule has 0 aliphatic heterocycles. The number of thiophene rings is 1. The van der Waals surface area contributed by atoms with Crippen molar-refractivity contribution in [3.05, 3.63) is 58.8 Å². The topological polar surface area (TPSA) is 38.9 Å². The lowest BCUT2D eigenvalue weighted by atomic mass is 10.2. The van der Waals surface area contributed by atoms with E-state index in [-0.39, 0.29) is 10.9 Å². The van der Waals surface area contributed by atoms with Gasteiger partial charge in [0.15, 0.2) is 11.6 Å². The first kappa shape index (κ1) is 13.9. The molecular formula is C14H7ClF2N2OS. The Balaban J connectivity index is 1.89. The van der Waals surface area contributed by atoms with E-state index in [0.29, 0.717) is 11.4 Å². The zero-order chi connectivity index (χ0) is 14.8. The zero-order valence-electron chi connectivity index (χ0n) is 10.4. The first-order valence-corrected chi connectivity index (χ1v) is 7.09. The molecule has 0 N–H and O–H groups in total. The number of benzene rings is 1. The average Bonchev–Trinajstić information content (AvgIpc) is 3.12. The number of hydrogen-bond acceptors (Lipinski definition) is 4. The number of rotatable bonds is 3. The lowest BCUT2D eigenvalue weighted by molar-refractivity contribution is 0.410. The van der Waals surface area contributed by atoms with E-state index in [1.54, 1.807) is 0 Å². The molecule has 0 aliphatic rings. The molecular weight excluding hydrogens is 318 g/mol. The highest BCUT2D eigenvalue weighted by Crippen LogP contribution is 2.26. The van der Waals surface area contributed by atoms with Crippen LogP contribution in [0.2, 0.25) is 0 Å². The van der Waals surface area contributed by atoms with Gasteiger partial charge in [0.25, 0.3) is 5.89 Å². The second kappa shape index (κ2) is 5.75. The van der Waals surface area contributed by atoms with Crippen LogP contribution in [-0.2, 0) is 0 Å². The van der Waals surface area contributed by atoms with Gasteiger partial charge in [-0.3, -0.25) is 0 Å². The van der Waals surface area contributed by atoms with Gasteiger partial charge in [-0.25, -0.2) is 8.78 Å². The van der Waals surface area contributed by atoms with Gasteiger partial charge in [-0.1, -0.05) is 28.9 Å².